The van der Waals surface area contributed by atoms with E-state index in [4.69, 9.17) is 0 Å². The average Bonchev–Trinajstić information content (AvgIpc) is 3.14. The van der Waals surface area contributed by atoms with E-state index in [0.29, 0.717) is 6.54 Å². The van der Waals surface area contributed by atoms with E-state index in [2.05, 4.69) is 38.9 Å². The fourth-order valence-corrected chi connectivity index (χ4v) is 3.51. The molecule has 1 aromatic carbocycles. The number of likely N-dealkylation sites (N-methyl/N-ethyl adjacent to an activating group) is 1. The second-order valence-electron chi connectivity index (χ2n) is 6.38. The molecule has 1 aliphatic rings. The molecule has 1 aliphatic heterocycles. The SMILES string of the molecule is CCN(CC)CCNC(=O)C1CCCN1c1ncnc2ccccc12. The van der Waals surface area contributed by atoms with Gasteiger partial charge in [-0.05, 0) is 38.1 Å². The van der Waals surface area contributed by atoms with Gasteiger partial charge in [0.05, 0.1) is 5.52 Å². The molecule has 3 rings (SSSR count). The van der Waals surface area contributed by atoms with Crippen molar-refractivity contribution in [3.63, 3.8) is 0 Å². The molecule has 1 atom stereocenters. The molecule has 0 bridgehead atoms. The molecule has 6 nitrogen and oxygen atoms in total. The number of hydrogen-bond donors (Lipinski definition) is 1. The summed E-state index contributed by atoms with van der Waals surface area (Å²) in [6, 6.07) is 7.83. The fourth-order valence-electron chi connectivity index (χ4n) is 3.51. The van der Waals surface area contributed by atoms with E-state index in [1.165, 1.54) is 0 Å². The summed E-state index contributed by atoms with van der Waals surface area (Å²) in [5, 5.41) is 4.11. The first-order valence-corrected chi connectivity index (χ1v) is 9.21. The second-order valence-corrected chi connectivity index (χ2v) is 6.38. The number of carbonyl (C=O) groups is 1. The molecular weight excluding hydrogens is 314 g/mol. The normalized spacial score (nSPS) is 17.4. The standard InChI is InChI=1S/C19H27N5O/c1-3-23(4-2)13-11-20-19(25)17-10-7-12-24(17)18-15-8-5-6-9-16(15)21-14-22-18/h5-6,8-9,14,17H,3-4,7,10-13H2,1-2H3,(H,20,25). The lowest BCUT2D eigenvalue weighted by Gasteiger charge is -2.26. The number of benzene rings is 1. The van der Waals surface area contributed by atoms with Crippen LogP contribution in [-0.2, 0) is 4.79 Å². The van der Waals surface area contributed by atoms with Crippen LogP contribution in [0.4, 0.5) is 5.82 Å². The number of carbonyl (C=O) groups excluding carboxylic acids is 1. The molecule has 2 heterocycles. The Morgan fingerprint density at radius 2 is 2.08 bits per heavy atom. The highest BCUT2D eigenvalue weighted by Gasteiger charge is 2.32. The monoisotopic (exact) mass is 341 g/mol. The molecule has 6 heteroatoms. The highest BCUT2D eigenvalue weighted by molar-refractivity contribution is 5.93. The number of rotatable bonds is 7. The number of amides is 1. The highest BCUT2D eigenvalue weighted by atomic mass is 16.2. The number of nitrogens with zero attached hydrogens (tertiary/aromatic N) is 4. The lowest BCUT2D eigenvalue weighted by molar-refractivity contribution is -0.122. The Balaban J connectivity index is 1.70. The second kappa shape index (κ2) is 8.25. The quantitative estimate of drug-likeness (QED) is 0.835. The lowest BCUT2D eigenvalue weighted by Crippen LogP contribution is -2.45. The van der Waals surface area contributed by atoms with Crippen LogP contribution >= 0.6 is 0 Å². The molecule has 1 amide bonds. The first-order valence-electron chi connectivity index (χ1n) is 9.21. The average molecular weight is 341 g/mol. The number of hydrogen-bond acceptors (Lipinski definition) is 5. The van der Waals surface area contributed by atoms with Crippen molar-refractivity contribution in [2.24, 2.45) is 0 Å². The number of nitrogens with one attached hydrogen (secondary N) is 1. The van der Waals surface area contributed by atoms with Crippen molar-refractivity contribution in [3.8, 4) is 0 Å². The molecule has 2 aromatic rings. The maximum Gasteiger partial charge on any atom is 0.242 e. The van der Waals surface area contributed by atoms with Gasteiger partial charge >= 0.3 is 0 Å². The largest absolute Gasteiger partial charge is 0.353 e. The fraction of sp³-hybridized carbons (Fsp3) is 0.526. The summed E-state index contributed by atoms with van der Waals surface area (Å²) in [6.45, 7) is 8.74. The van der Waals surface area contributed by atoms with Crippen LogP contribution in [-0.4, -0.2) is 59.5 Å². The molecule has 1 aromatic heterocycles. The molecule has 25 heavy (non-hydrogen) atoms. The topological polar surface area (TPSA) is 61.4 Å². The zero-order chi connectivity index (χ0) is 17.6. The smallest absolute Gasteiger partial charge is 0.242 e. The molecular formula is C19H27N5O. The van der Waals surface area contributed by atoms with E-state index in [9.17, 15) is 4.79 Å². The molecule has 1 unspecified atom stereocenters. The Morgan fingerprint density at radius 3 is 2.88 bits per heavy atom. The van der Waals surface area contributed by atoms with Crippen molar-refractivity contribution in [1.82, 2.24) is 20.2 Å². The third-order valence-corrected chi connectivity index (χ3v) is 4.97. The Bertz CT molecular complexity index is 711. The first kappa shape index (κ1) is 17.6. The van der Waals surface area contributed by atoms with Gasteiger partial charge in [-0.15, -0.1) is 0 Å². The Morgan fingerprint density at radius 1 is 1.28 bits per heavy atom. The van der Waals surface area contributed by atoms with Gasteiger partial charge in [0.1, 0.15) is 18.2 Å². The Kier molecular flexibility index (Phi) is 5.81. The summed E-state index contributed by atoms with van der Waals surface area (Å²) in [6.07, 6.45) is 3.47. The number of aromatic nitrogens is 2. The maximum absolute atomic E-state index is 12.7. The summed E-state index contributed by atoms with van der Waals surface area (Å²) in [7, 11) is 0. The third-order valence-electron chi connectivity index (χ3n) is 4.97. The summed E-state index contributed by atoms with van der Waals surface area (Å²) < 4.78 is 0. The molecule has 0 spiro atoms. The molecule has 0 radical (unpaired) electrons. The van der Waals surface area contributed by atoms with Crippen molar-refractivity contribution in [1.29, 1.82) is 0 Å². The van der Waals surface area contributed by atoms with Gasteiger partial charge in [-0.25, -0.2) is 9.97 Å². The summed E-state index contributed by atoms with van der Waals surface area (Å²) in [5.74, 6) is 0.972. The van der Waals surface area contributed by atoms with Crippen LogP contribution in [0.2, 0.25) is 0 Å². The highest BCUT2D eigenvalue weighted by Crippen LogP contribution is 2.29. The van der Waals surface area contributed by atoms with E-state index in [-0.39, 0.29) is 11.9 Å². The van der Waals surface area contributed by atoms with E-state index < -0.39 is 0 Å². The predicted octanol–water partition coefficient (Wildman–Crippen LogP) is 2.06. The van der Waals surface area contributed by atoms with Gasteiger partial charge < -0.3 is 15.1 Å². The minimum absolute atomic E-state index is 0.104. The van der Waals surface area contributed by atoms with Gasteiger partial charge in [0, 0.05) is 25.0 Å². The molecule has 0 saturated carbocycles. The Hall–Kier alpha value is -2.21. The summed E-state index contributed by atoms with van der Waals surface area (Å²) in [4.78, 5) is 26.0. The van der Waals surface area contributed by atoms with Gasteiger partial charge in [-0.3, -0.25) is 4.79 Å². The molecule has 1 saturated heterocycles. The summed E-state index contributed by atoms with van der Waals surface area (Å²) >= 11 is 0. The van der Waals surface area contributed by atoms with Crippen LogP contribution < -0.4 is 10.2 Å². The van der Waals surface area contributed by atoms with Crippen LogP contribution in [0.5, 0.6) is 0 Å². The lowest BCUT2D eigenvalue weighted by atomic mass is 10.2. The molecule has 1 N–H and O–H groups in total. The Labute approximate surface area is 149 Å². The van der Waals surface area contributed by atoms with Crippen LogP contribution in [0, 0.1) is 0 Å². The van der Waals surface area contributed by atoms with Crippen molar-refractivity contribution < 1.29 is 4.79 Å². The number of para-hydroxylation sites is 1. The van der Waals surface area contributed by atoms with Gasteiger partial charge in [0.25, 0.3) is 0 Å². The van der Waals surface area contributed by atoms with Gasteiger partial charge in [-0.2, -0.15) is 0 Å². The zero-order valence-corrected chi connectivity index (χ0v) is 15.1. The predicted molar refractivity (Wildman–Crippen MR) is 101 cm³/mol. The van der Waals surface area contributed by atoms with E-state index >= 15 is 0 Å². The van der Waals surface area contributed by atoms with Crippen LogP contribution in [0.15, 0.2) is 30.6 Å². The van der Waals surface area contributed by atoms with Crippen molar-refractivity contribution in [2.75, 3.05) is 37.6 Å². The van der Waals surface area contributed by atoms with E-state index in [0.717, 1.165) is 55.7 Å². The van der Waals surface area contributed by atoms with Crippen molar-refractivity contribution in [3.05, 3.63) is 30.6 Å². The van der Waals surface area contributed by atoms with Crippen molar-refractivity contribution >= 4 is 22.6 Å². The van der Waals surface area contributed by atoms with Crippen LogP contribution in [0.1, 0.15) is 26.7 Å². The van der Waals surface area contributed by atoms with E-state index in [1.54, 1.807) is 6.33 Å². The third kappa shape index (κ3) is 3.90. The number of fused-ring (bicyclic) bond motifs is 1. The molecule has 1 fully saturated rings. The van der Waals surface area contributed by atoms with Gasteiger partial charge in [0.2, 0.25) is 5.91 Å². The van der Waals surface area contributed by atoms with Crippen LogP contribution in [0.25, 0.3) is 10.9 Å². The van der Waals surface area contributed by atoms with Gasteiger partial charge in [-0.1, -0.05) is 26.0 Å². The minimum atomic E-state index is -0.144. The molecule has 134 valence electrons. The maximum atomic E-state index is 12.7. The van der Waals surface area contributed by atoms with Crippen molar-refractivity contribution in [2.45, 2.75) is 32.7 Å². The minimum Gasteiger partial charge on any atom is -0.353 e. The summed E-state index contributed by atoms with van der Waals surface area (Å²) in [5.41, 5.74) is 0.917. The van der Waals surface area contributed by atoms with Crippen LogP contribution in [0.3, 0.4) is 0 Å². The van der Waals surface area contributed by atoms with Gasteiger partial charge in [0.15, 0.2) is 0 Å². The molecule has 0 aliphatic carbocycles. The zero-order valence-electron chi connectivity index (χ0n) is 15.1. The first-order chi connectivity index (χ1) is 12.2. The van der Waals surface area contributed by atoms with E-state index in [1.807, 2.05) is 24.3 Å². The number of anilines is 1.